The zero-order valence-electron chi connectivity index (χ0n) is 29.3. The van der Waals surface area contributed by atoms with Gasteiger partial charge in [0.05, 0.1) is 19.9 Å². The van der Waals surface area contributed by atoms with Crippen LogP contribution in [0.3, 0.4) is 0 Å². The second kappa shape index (κ2) is 15.3. The molecule has 4 rings (SSSR count). The molecule has 12 heteroatoms. The summed E-state index contributed by atoms with van der Waals surface area (Å²) in [6.45, 7) is 14.3. The molecule has 1 fully saturated rings. The molecule has 2 aromatic rings. The number of hydrogen-bond acceptors (Lipinski definition) is 8. The number of aromatic nitrogens is 2. The van der Waals surface area contributed by atoms with E-state index in [4.69, 9.17) is 14.2 Å². The summed E-state index contributed by atoms with van der Waals surface area (Å²) in [5, 5.41) is 4.38. The number of allylic oxidation sites excluding steroid dienone is 1. The molecule has 2 aromatic heterocycles. The molecule has 0 aliphatic carbocycles. The summed E-state index contributed by atoms with van der Waals surface area (Å²) in [6, 6.07) is 0. The summed E-state index contributed by atoms with van der Waals surface area (Å²) in [4.78, 5) is 72.4. The summed E-state index contributed by atoms with van der Waals surface area (Å²) >= 11 is 0. The molecule has 3 atom stereocenters. The summed E-state index contributed by atoms with van der Waals surface area (Å²) in [7, 11) is 2.69. The molecule has 4 heterocycles. The van der Waals surface area contributed by atoms with Crippen molar-refractivity contribution in [3.63, 3.8) is 0 Å². The number of esters is 3. The summed E-state index contributed by atoms with van der Waals surface area (Å²) in [5.74, 6) is -2.48. The largest absolute Gasteiger partial charge is 0.469 e. The number of amides is 2. The summed E-state index contributed by atoms with van der Waals surface area (Å²) in [5.41, 5.74) is 7.17. The number of aromatic amines is 2. The first-order valence-electron chi connectivity index (χ1n) is 16.1. The van der Waals surface area contributed by atoms with Crippen molar-refractivity contribution < 1.29 is 38.2 Å². The highest BCUT2D eigenvalue weighted by molar-refractivity contribution is 6.31. The molecule has 0 radical (unpaired) electrons. The number of ether oxygens (including phenoxy) is 3. The van der Waals surface area contributed by atoms with Gasteiger partial charge in [-0.25, -0.2) is 4.99 Å². The Balaban J connectivity index is 1.91. The highest BCUT2D eigenvalue weighted by atomic mass is 16.5. The number of carbonyl (C=O) groups excluding carboxylic acids is 5. The second-order valence-electron chi connectivity index (χ2n) is 12.3. The van der Waals surface area contributed by atoms with Crippen LogP contribution in [0.1, 0.15) is 74.2 Å². The molecule has 1 saturated heterocycles. The number of carbonyl (C=O) groups is 5. The molecule has 260 valence electrons. The molecule has 49 heavy (non-hydrogen) atoms. The first-order valence-corrected chi connectivity index (χ1v) is 16.1. The molecule has 2 aliphatic heterocycles. The quantitative estimate of drug-likeness (QED) is 0.228. The van der Waals surface area contributed by atoms with Crippen LogP contribution in [0.2, 0.25) is 0 Å². The van der Waals surface area contributed by atoms with Crippen LogP contribution in [0.25, 0.3) is 18.2 Å². The lowest BCUT2D eigenvalue weighted by atomic mass is 9.89. The van der Waals surface area contributed by atoms with Crippen molar-refractivity contribution >= 4 is 53.7 Å². The van der Waals surface area contributed by atoms with Gasteiger partial charge in [0.2, 0.25) is 5.91 Å². The maximum atomic E-state index is 12.7. The van der Waals surface area contributed by atoms with Gasteiger partial charge < -0.3 is 29.5 Å². The van der Waals surface area contributed by atoms with Crippen molar-refractivity contribution in [1.82, 2.24) is 15.3 Å². The number of hydrogen-bond donors (Lipinski definition) is 3. The molecular weight excluding hydrogens is 628 g/mol. The van der Waals surface area contributed by atoms with Crippen LogP contribution in [0.4, 0.5) is 0 Å². The predicted molar refractivity (Wildman–Crippen MR) is 184 cm³/mol. The van der Waals surface area contributed by atoms with Gasteiger partial charge in [-0.3, -0.25) is 24.0 Å². The molecule has 0 spiro atoms. The lowest BCUT2D eigenvalue weighted by molar-refractivity contribution is -0.148. The molecule has 3 N–H and O–H groups in total. The van der Waals surface area contributed by atoms with Crippen LogP contribution < -0.4 is 16.0 Å². The Morgan fingerprint density at radius 2 is 1.53 bits per heavy atom. The van der Waals surface area contributed by atoms with E-state index in [0.29, 0.717) is 57.5 Å². The van der Waals surface area contributed by atoms with Crippen LogP contribution in [0.5, 0.6) is 0 Å². The second-order valence-corrected chi connectivity index (χ2v) is 12.3. The Kier molecular flexibility index (Phi) is 11.4. The maximum absolute atomic E-state index is 12.7. The standard InChI is InChI=1S/C37H44N4O8/c1-10-24-18(2)29(40-37(24)46)15-27-19(3)25(11-13-33(43)47-8)30(38-27)17-31-26(12-14-34(44)48-9)20(4)28(39-31)16-32-35(21(5)36(45)41-32)22(6)49-23(7)42/h10,15-17,21-22,35,38-39H,1,11-14H2,2-9H3,(H,41,45)/b27-15+,30-17-,32-16-/t21-,22+,35+/m1/s1. The zero-order chi connectivity index (χ0) is 36.2. The minimum Gasteiger partial charge on any atom is -0.469 e. The van der Waals surface area contributed by atoms with Crippen LogP contribution in [0.15, 0.2) is 34.5 Å². The maximum Gasteiger partial charge on any atom is 0.305 e. The fourth-order valence-corrected chi connectivity index (χ4v) is 6.46. The van der Waals surface area contributed by atoms with Crippen molar-refractivity contribution in [2.45, 2.75) is 73.3 Å². The van der Waals surface area contributed by atoms with Gasteiger partial charge in [0.1, 0.15) is 6.10 Å². The van der Waals surface area contributed by atoms with E-state index < -0.39 is 18.0 Å². The Morgan fingerprint density at radius 1 is 0.898 bits per heavy atom. The normalized spacial score (nSPS) is 19.8. The van der Waals surface area contributed by atoms with Gasteiger partial charge >= 0.3 is 17.9 Å². The van der Waals surface area contributed by atoms with Crippen LogP contribution in [-0.4, -0.2) is 65.7 Å². The van der Waals surface area contributed by atoms with Gasteiger partial charge in [0, 0.05) is 65.0 Å². The van der Waals surface area contributed by atoms with Crippen molar-refractivity contribution in [1.29, 1.82) is 0 Å². The summed E-state index contributed by atoms with van der Waals surface area (Å²) in [6.07, 6.45) is 7.54. The molecule has 0 bridgehead atoms. The van der Waals surface area contributed by atoms with Crippen molar-refractivity contribution in [3.05, 3.63) is 73.8 Å². The third-order valence-corrected chi connectivity index (χ3v) is 9.27. The van der Waals surface area contributed by atoms with Gasteiger partial charge in [0.15, 0.2) is 0 Å². The van der Waals surface area contributed by atoms with Gasteiger partial charge in [-0.2, -0.15) is 0 Å². The Labute approximate surface area is 285 Å². The smallest absolute Gasteiger partial charge is 0.305 e. The average molecular weight is 673 g/mol. The van der Waals surface area contributed by atoms with E-state index in [-0.39, 0.29) is 42.5 Å². The molecule has 0 aromatic carbocycles. The van der Waals surface area contributed by atoms with Crippen LogP contribution in [-0.2, 0) is 51.0 Å². The first-order chi connectivity index (χ1) is 23.2. The zero-order valence-corrected chi connectivity index (χ0v) is 29.3. The van der Waals surface area contributed by atoms with Crippen molar-refractivity contribution in [3.8, 4) is 0 Å². The van der Waals surface area contributed by atoms with E-state index in [0.717, 1.165) is 22.3 Å². The Morgan fingerprint density at radius 3 is 2.10 bits per heavy atom. The minimum atomic E-state index is -0.549. The topological polar surface area (TPSA) is 169 Å². The van der Waals surface area contributed by atoms with E-state index >= 15 is 0 Å². The van der Waals surface area contributed by atoms with Crippen molar-refractivity contribution in [2.75, 3.05) is 14.2 Å². The van der Waals surface area contributed by atoms with E-state index in [1.54, 1.807) is 19.9 Å². The number of nitrogens with zero attached hydrogens (tertiary/aromatic N) is 1. The third-order valence-electron chi connectivity index (χ3n) is 9.27. The Hall–Kier alpha value is -5.26. The van der Waals surface area contributed by atoms with Crippen LogP contribution in [0, 0.1) is 25.7 Å². The lowest BCUT2D eigenvalue weighted by Gasteiger charge is -2.22. The molecular formula is C37H44N4O8. The number of H-pyrrole nitrogens is 2. The van der Waals surface area contributed by atoms with Crippen LogP contribution >= 0.6 is 0 Å². The van der Waals surface area contributed by atoms with E-state index in [1.807, 2.05) is 32.9 Å². The molecule has 2 amide bonds. The van der Waals surface area contributed by atoms with Gasteiger partial charge in [-0.1, -0.05) is 19.6 Å². The van der Waals surface area contributed by atoms with Crippen molar-refractivity contribution in [2.24, 2.45) is 16.8 Å². The third kappa shape index (κ3) is 7.90. The summed E-state index contributed by atoms with van der Waals surface area (Å²) < 4.78 is 15.3. The molecule has 0 saturated carbocycles. The highest BCUT2D eigenvalue weighted by Gasteiger charge is 2.40. The van der Waals surface area contributed by atoms with E-state index in [1.165, 1.54) is 27.2 Å². The molecule has 12 nitrogen and oxygen atoms in total. The van der Waals surface area contributed by atoms with Gasteiger partial charge in [-0.15, -0.1) is 0 Å². The van der Waals surface area contributed by atoms with Gasteiger partial charge in [0.25, 0.3) is 5.91 Å². The number of aliphatic imine (C=N–C) groups is 1. The minimum absolute atomic E-state index is 0.134. The number of nitrogens with one attached hydrogen (secondary N) is 3. The average Bonchev–Trinajstić information content (AvgIpc) is 3.70. The Bertz CT molecular complexity index is 1940. The number of rotatable bonds is 12. The molecule has 0 unspecified atom stereocenters. The molecule has 2 aliphatic rings. The van der Waals surface area contributed by atoms with E-state index in [2.05, 4.69) is 26.9 Å². The highest BCUT2D eigenvalue weighted by Crippen LogP contribution is 2.33. The van der Waals surface area contributed by atoms with Gasteiger partial charge in [-0.05, 0) is 86.6 Å². The monoisotopic (exact) mass is 672 g/mol. The first kappa shape index (κ1) is 36.6. The fraction of sp³-hybridized carbons (Fsp3) is 0.405. The number of methoxy groups -OCH3 is 2. The lowest BCUT2D eigenvalue weighted by Crippen LogP contribution is -2.27. The SMILES string of the molecule is C=CC1=C(C)C(/C=c2/[nH]/c(=C\c3[nH]c(/C=C4\NC(=O)[C@H](C)[C@H]4[C@H](C)OC(C)=O)c(C)c3CCC(=O)OC)c(CCC(=O)OC)c2C)=NC1=O. The van der Waals surface area contributed by atoms with E-state index in [9.17, 15) is 24.0 Å². The fourth-order valence-electron chi connectivity index (χ4n) is 6.46. The predicted octanol–water partition coefficient (Wildman–Crippen LogP) is 2.94.